The maximum absolute atomic E-state index is 5.81. The van der Waals surface area contributed by atoms with Crippen LogP contribution in [0.25, 0.3) is 0 Å². The third kappa shape index (κ3) is 2.81. The zero-order valence-electron chi connectivity index (χ0n) is 7.68. The second-order valence-electron chi connectivity index (χ2n) is 2.79. The second kappa shape index (κ2) is 4.46. The van der Waals surface area contributed by atoms with Gasteiger partial charge in [-0.15, -0.1) is 0 Å². The molecule has 0 saturated carbocycles. The molecule has 1 heterocycles. The van der Waals surface area contributed by atoms with Crippen LogP contribution in [0.2, 0.25) is 5.02 Å². The van der Waals surface area contributed by atoms with Gasteiger partial charge in [0.05, 0.1) is 0 Å². The predicted octanol–water partition coefficient (Wildman–Crippen LogP) is 2.35. The predicted molar refractivity (Wildman–Crippen MR) is 60.1 cm³/mol. The van der Waals surface area contributed by atoms with E-state index in [4.69, 9.17) is 22.1 Å². The molecule has 0 aliphatic carbocycles. The number of ether oxygens (including phenoxy) is 1. The van der Waals surface area contributed by atoms with E-state index in [2.05, 4.69) is 9.36 Å². The molecule has 0 spiro atoms. The van der Waals surface area contributed by atoms with Gasteiger partial charge in [0, 0.05) is 5.02 Å². The van der Waals surface area contributed by atoms with Crippen molar-refractivity contribution in [2.75, 3.05) is 5.73 Å². The van der Waals surface area contributed by atoms with E-state index in [1.54, 1.807) is 12.1 Å². The summed E-state index contributed by atoms with van der Waals surface area (Å²) in [7, 11) is 0. The van der Waals surface area contributed by atoms with Crippen molar-refractivity contribution in [2.24, 2.45) is 0 Å². The third-order valence-corrected chi connectivity index (χ3v) is 2.58. The Kier molecular flexibility index (Phi) is 3.03. The molecule has 0 radical (unpaired) electrons. The number of nitrogen functional groups attached to an aromatic ring is 1. The van der Waals surface area contributed by atoms with E-state index in [1.807, 2.05) is 12.1 Å². The zero-order valence-corrected chi connectivity index (χ0v) is 9.26. The summed E-state index contributed by atoms with van der Waals surface area (Å²) in [6.07, 6.45) is 0. The Hall–Kier alpha value is -1.33. The minimum atomic E-state index is 0.282. The number of anilines is 1. The van der Waals surface area contributed by atoms with Gasteiger partial charge in [-0.1, -0.05) is 17.7 Å². The van der Waals surface area contributed by atoms with E-state index < -0.39 is 0 Å². The number of halogens is 1. The fourth-order valence-electron chi connectivity index (χ4n) is 1.03. The average Bonchev–Trinajstić information content (AvgIpc) is 2.62. The Labute approximate surface area is 95.8 Å². The van der Waals surface area contributed by atoms with Gasteiger partial charge in [-0.25, -0.2) is 4.98 Å². The SMILES string of the molecule is Nc1nsc(COc2cccc(Cl)c2)n1. The summed E-state index contributed by atoms with van der Waals surface area (Å²) in [5.74, 6) is 0.987. The molecule has 1 aromatic heterocycles. The molecule has 2 aromatic rings. The van der Waals surface area contributed by atoms with Crippen LogP contribution in [0.15, 0.2) is 24.3 Å². The summed E-state index contributed by atoms with van der Waals surface area (Å²) in [6.45, 7) is 0.356. The molecule has 0 aliphatic rings. The fraction of sp³-hybridized carbons (Fsp3) is 0.111. The van der Waals surface area contributed by atoms with Crippen molar-refractivity contribution in [3.63, 3.8) is 0 Å². The Morgan fingerprint density at radius 3 is 3.00 bits per heavy atom. The number of nitrogens with two attached hydrogens (primary N) is 1. The van der Waals surface area contributed by atoms with E-state index in [1.165, 1.54) is 11.5 Å². The first-order valence-corrected chi connectivity index (χ1v) is 5.35. The van der Waals surface area contributed by atoms with Crippen molar-refractivity contribution < 1.29 is 4.74 Å². The van der Waals surface area contributed by atoms with Crippen LogP contribution in [-0.4, -0.2) is 9.36 Å². The fourth-order valence-corrected chi connectivity index (χ4v) is 1.69. The van der Waals surface area contributed by atoms with Crippen LogP contribution >= 0.6 is 23.1 Å². The van der Waals surface area contributed by atoms with Gasteiger partial charge in [0.2, 0.25) is 5.95 Å². The van der Waals surface area contributed by atoms with Crippen LogP contribution in [0.1, 0.15) is 5.01 Å². The van der Waals surface area contributed by atoms with E-state index >= 15 is 0 Å². The maximum atomic E-state index is 5.81. The quantitative estimate of drug-likeness (QED) is 0.896. The third-order valence-electron chi connectivity index (χ3n) is 1.64. The first-order valence-electron chi connectivity index (χ1n) is 4.20. The largest absolute Gasteiger partial charge is 0.486 e. The van der Waals surface area contributed by atoms with Gasteiger partial charge in [-0.05, 0) is 29.7 Å². The molecule has 0 atom stereocenters. The lowest BCUT2D eigenvalue weighted by Gasteiger charge is -2.02. The number of rotatable bonds is 3. The van der Waals surface area contributed by atoms with E-state index in [0.717, 1.165) is 5.01 Å². The van der Waals surface area contributed by atoms with Crippen LogP contribution < -0.4 is 10.5 Å². The first-order chi connectivity index (χ1) is 7.24. The molecule has 78 valence electrons. The number of hydrogen-bond acceptors (Lipinski definition) is 5. The van der Waals surface area contributed by atoms with Crippen LogP contribution in [0, 0.1) is 0 Å². The van der Waals surface area contributed by atoms with Crippen molar-refractivity contribution in [2.45, 2.75) is 6.61 Å². The summed E-state index contributed by atoms with van der Waals surface area (Å²) in [5, 5.41) is 1.39. The van der Waals surface area contributed by atoms with E-state index in [-0.39, 0.29) is 5.95 Å². The van der Waals surface area contributed by atoms with Gasteiger partial charge >= 0.3 is 0 Å². The van der Waals surface area contributed by atoms with Crippen LogP contribution in [0.3, 0.4) is 0 Å². The Morgan fingerprint density at radius 1 is 1.47 bits per heavy atom. The molecule has 6 heteroatoms. The zero-order chi connectivity index (χ0) is 10.7. The lowest BCUT2D eigenvalue weighted by Crippen LogP contribution is -1.95. The van der Waals surface area contributed by atoms with Crippen molar-refractivity contribution in [3.8, 4) is 5.75 Å². The van der Waals surface area contributed by atoms with Crippen molar-refractivity contribution in [1.82, 2.24) is 9.36 Å². The molecule has 2 rings (SSSR count). The smallest absolute Gasteiger partial charge is 0.232 e. The highest BCUT2D eigenvalue weighted by atomic mass is 35.5. The minimum absolute atomic E-state index is 0.282. The summed E-state index contributed by atoms with van der Waals surface area (Å²) < 4.78 is 9.30. The molecule has 0 amide bonds. The Balaban J connectivity index is 1.99. The average molecular weight is 242 g/mol. The van der Waals surface area contributed by atoms with Crippen molar-refractivity contribution >= 4 is 29.1 Å². The van der Waals surface area contributed by atoms with Gasteiger partial charge in [-0.3, -0.25) is 0 Å². The highest BCUT2D eigenvalue weighted by molar-refractivity contribution is 7.05. The summed E-state index contributed by atoms with van der Waals surface area (Å²) in [5.41, 5.74) is 5.38. The normalized spacial score (nSPS) is 10.2. The van der Waals surface area contributed by atoms with E-state index in [9.17, 15) is 0 Å². The van der Waals surface area contributed by atoms with Crippen LogP contribution in [0.5, 0.6) is 5.75 Å². The molecule has 15 heavy (non-hydrogen) atoms. The molecule has 2 N–H and O–H groups in total. The molecular weight excluding hydrogens is 234 g/mol. The Bertz CT molecular complexity index is 460. The van der Waals surface area contributed by atoms with Gasteiger partial charge in [-0.2, -0.15) is 4.37 Å². The van der Waals surface area contributed by atoms with Crippen molar-refractivity contribution in [3.05, 3.63) is 34.3 Å². The number of aromatic nitrogens is 2. The Morgan fingerprint density at radius 2 is 2.33 bits per heavy atom. The summed E-state index contributed by atoms with van der Waals surface area (Å²) in [4.78, 5) is 3.98. The van der Waals surface area contributed by atoms with Crippen LogP contribution in [0.4, 0.5) is 5.95 Å². The second-order valence-corrected chi connectivity index (χ2v) is 4.07. The standard InChI is InChI=1S/C9H8ClN3OS/c10-6-2-1-3-7(4-6)14-5-8-12-9(11)13-15-8/h1-4H,5H2,(H2,11,13). The van der Waals surface area contributed by atoms with Gasteiger partial charge in [0.25, 0.3) is 0 Å². The number of nitrogens with zero attached hydrogens (tertiary/aromatic N) is 2. The highest BCUT2D eigenvalue weighted by Crippen LogP contribution is 2.18. The molecule has 0 bridgehead atoms. The van der Waals surface area contributed by atoms with Crippen molar-refractivity contribution in [1.29, 1.82) is 0 Å². The minimum Gasteiger partial charge on any atom is -0.486 e. The maximum Gasteiger partial charge on any atom is 0.232 e. The summed E-state index contributed by atoms with van der Waals surface area (Å²) in [6, 6.07) is 7.19. The topological polar surface area (TPSA) is 61.0 Å². The van der Waals surface area contributed by atoms with Gasteiger partial charge in [0.1, 0.15) is 12.4 Å². The number of hydrogen-bond donors (Lipinski definition) is 1. The van der Waals surface area contributed by atoms with Gasteiger partial charge < -0.3 is 10.5 Å². The molecule has 4 nitrogen and oxygen atoms in total. The first kappa shape index (κ1) is 10.2. The molecule has 0 saturated heterocycles. The summed E-state index contributed by atoms with van der Waals surface area (Å²) >= 11 is 7.03. The molecule has 1 aromatic carbocycles. The molecule has 0 unspecified atom stereocenters. The van der Waals surface area contributed by atoms with Crippen LogP contribution in [-0.2, 0) is 6.61 Å². The monoisotopic (exact) mass is 241 g/mol. The lowest BCUT2D eigenvalue weighted by molar-refractivity contribution is 0.305. The molecular formula is C9H8ClN3OS. The van der Waals surface area contributed by atoms with E-state index in [0.29, 0.717) is 17.4 Å². The molecule has 0 fully saturated rings. The lowest BCUT2D eigenvalue weighted by atomic mass is 10.3. The highest BCUT2D eigenvalue weighted by Gasteiger charge is 2.01. The number of benzene rings is 1. The van der Waals surface area contributed by atoms with Gasteiger partial charge in [0.15, 0.2) is 5.01 Å². The molecule has 0 aliphatic heterocycles.